The third-order valence-corrected chi connectivity index (χ3v) is 5.59. The SMILES string of the molecule is O=c1ccn([C@@H]2O[C@H](CO)[C@@H](OP(O)(=S)Oc3ccc(Cl)cc3)[C@H]2O)c(=O)[nH]1. The monoisotopic (exact) mass is 450 g/mol. The molecule has 0 amide bonds. The summed E-state index contributed by atoms with van der Waals surface area (Å²) >= 11 is 10.8. The molecule has 2 heterocycles. The average Bonchev–Trinajstić information content (AvgIpc) is 2.92. The first-order chi connectivity index (χ1) is 13.2. The first-order valence-corrected chi connectivity index (χ1v) is 10.9. The van der Waals surface area contributed by atoms with E-state index in [1.165, 1.54) is 24.3 Å². The zero-order valence-corrected chi connectivity index (χ0v) is 16.5. The van der Waals surface area contributed by atoms with Gasteiger partial charge in [-0.2, -0.15) is 0 Å². The van der Waals surface area contributed by atoms with Gasteiger partial charge in [-0.1, -0.05) is 11.6 Å². The van der Waals surface area contributed by atoms with E-state index in [0.717, 1.165) is 16.8 Å². The molecule has 1 fully saturated rings. The number of halogens is 1. The van der Waals surface area contributed by atoms with Crippen LogP contribution in [-0.2, 0) is 21.1 Å². The average molecular weight is 451 g/mol. The van der Waals surface area contributed by atoms with Gasteiger partial charge in [0.15, 0.2) is 6.23 Å². The molecule has 152 valence electrons. The quantitative estimate of drug-likeness (QED) is 0.451. The van der Waals surface area contributed by atoms with Crippen LogP contribution in [-0.4, -0.2) is 49.6 Å². The Labute approximate surface area is 168 Å². The van der Waals surface area contributed by atoms with E-state index in [2.05, 4.69) is 0 Å². The molecule has 0 bridgehead atoms. The van der Waals surface area contributed by atoms with Gasteiger partial charge < -0.3 is 24.4 Å². The fourth-order valence-corrected chi connectivity index (χ4v) is 4.34. The highest BCUT2D eigenvalue weighted by Gasteiger charge is 2.48. The number of H-pyrrole nitrogens is 1. The highest BCUT2D eigenvalue weighted by atomic mass is 35.5. The van der Waals surface area contributed by atoms with Gasteiger partial charge in [0.1, 0.15) is 24.1 Å². The zero-order valence-electron chi connectivity index (χ0n) is 14.0. The first-order valence-electron chi connectivity index (χ1n) is 7.92. The summed E-state index contributed by atoms with van der Waals surface area (Å²) in [5.41, 5.74) is -1.45. The highest BCUT2D eigenvalue weighted by molar-refractivity contribution is 8.07. The smallest absolute Gasteiger partial charge is 0.378 e. The molecule has 5 atom stereocenters. The highest BCUT2D eigenvalue weighted by Crippen LogP contribution is 2.48. The van der Waals surface area contributed by atoms with Crippen LogP contribution in [0, 0.1) is 0 Å². The second-order valence-electron chi connectivity index (χ2n) is 5.84. The Balaban J connectivity index is 1.80. The molecular weight excluding hydrogens is 435 g/mol. The van der Waals surface area contributed by atoms with Gasteiger partial charge in [0, 0.05) is 29.1 Å². The number of ether oxygens (including phenoxy) is 1. The van der Waals surface area contributed by atoms with Crippen molar-refractivity contribution in [1.29, 1.82) is 0 Å². The summed E-state index contributed by atoms with van der Waals surface area (Å²) < 4.78 is 17.0. The third kappa shape index (κ3) is 4.70. The zero-order chi connectivity index (χ0) is 20.5. The standard InChI is InChI=1S/C15H16ClN2O8PS/c16-8-1-3-9(4-2-8)25-27(23,28)26-13-10(7-19)24-14(12(13)21)18-6-5-11(20)17-15(18)22/h1-6,10,12-14,19,21H,7H2,(H,23,28)(H,17,20,22)/t10-,12-,13-,14-,27?/m1/s1. The molecule has 13 heteroatoms. The van der Waals surface area contributed by atoms with Gasteiger partial charge in [0.2, 0.25) is 0 Å². The van der Waals surface area contributed by atoms with E-state index in [0.29, 0.717) is 5.02 Å². The van der Waals surface area contributed by atoms with Crippen LogP contribution in [0.2, 0.25) is 5.02 Å². The predicted molar refractivity (Wildman–Crippen MR) is 102 cm³/mol. The van der Waals surface area contributed by atoms with Gasteiger partial charge in [0.25, 0.3) is 5.56 Å². The molecule has 1 saturated heterocycles. The van der Waals surface area contributed by atoms with Gasteiger partial charge in [-0.15, -0.1) is 0 Å². The summed E-state index contributed by atoms with van der Waals surface area (Å²) in [5, 5.41) is 20.5. The van der Waals surface area contributed by atoms with E-state index in [-0.39, 0.29) is 5.75 Å². The topological polar surface area (TPSA) is 143 Å². The number of hydrogen-bond donors (Lipinski definition) is 4. The molecule has 2 aromatic rings. The molecule has 1 aliphatic rings. The summed E-state index contributed by atoms with van der Waals surface area (Å²) in [5.74, 6) is 0.192. The van der Waals surface area contributed by atoms with Gasteiger partial charge in [-0.3, -0.25) is 18.9 Å². The summed E-state index contributed by atoms with van der Waals surface area (Å²) in [6.07, 6.45) is -4.05. The van der Waals surface area contributed by atoms with E-state index in [1.54, 1.807) is 0 Å². The number of aromatic nitrogens is 2. The molecule has 28 heavy (non-hydrogen) atoms. The van der Waals surface area contributed by atoms with Crippen molar-refractivity contribution in [2.24, 2.45) is 0 Å². The van der Waals surface area contributed by atoms with Crippen molar-refractivity contribution in [2.45, 2.75) is 24.5 Å². The van der Waals surface area contributed by atoms with Crippen molar-refractivity contribution in [3.05, 3.63) is 62.4 Å². The Morgan fingerprint density at radius 3 is 2.57 bits per heavy atom. The van der Waals surface area contributed by atoms with Crippen molar-refractivity contribution in [3.63, 3.8) is 0 Å². The maximum atomic E-state index is 11.9. The van der Waals surface area contributed by atoms with Crippen LogP contribution < -0.4 is 15.8 Å². The number of rotatable bonds is 6. The Bertz CT molecular complexity index is 997. The van der Waals surface area contributed by atoms with Crippen molar-refractivity contribution in [1.82, 2.24) is 9.55 Å². The fraction of sp³-hybridized carbons (Fsp3) is 0.333. The Kier molecular flexibility index (Phi) is 6.37. The number of hydrogen-bond acceptors (Lipinski definition) is 8. The van der Waals surface area contributed by atoms with Gasteiger partial charge in [0.05, 0.1) is 6.61 Å². The summed E-state index contributed by atoms with van der Waals surface area (Å²) in [7, 11) is 0. The second kappa shape index (κ2) is 8.44. The van der Waals surface area contributed by atoms with E-state index in [9.17, 15) is 24.7 Å². The molecule has 10 nitrogen and oxygen atoms in total. The van der Waals surface area contributed by atoms with Crippen molar-refractivity contribution >= 4 is 30.1 Å². The lowest BCUT2D eigenvalue weighted by atomic mass is 10.1. The van der Waals surface area contributed by atoms with Gasteiger partial charge >= 0.3 is 12.4 Å². The molecule has 1 unspecified atom stereocenters. The lowest BCUT2D eigenvalue weighted by Crippen LogP contribution is -2.38. The van der Waals surface area contributed by atoms with Crippen LogP contribution in [0.3, 0.4) is 0 Å². The minimum absolute atomic E-state index is 0.192. The molecule has 4 N–H and O–H groups in total. The maximum absolute atomic E-state index is 11.9. The molecule has 0 aliphatic carbocycles. The number of benzene rings is 1. The largest absolute Gasteiger partial charge is 0.424 e. The minimum Gasteiger partial charge on any atom is -0.424 e. The first kappa shape index (κ1) is 21.2. The summed E-state index contributed by atoms with van der Waals surface area (Å²) in [6, 6.07) is 7.05. The maximum Gasteiger partial charge on any atom is 0.378 e. The molecule has 1 aromatic carbocycles. The van der Waals surface area contributed by atoms with Crippen LogP contribution in [0.4, 0.5) is 0 Å². The van der Waals surface area contributed by atoms with Crippen molar-refractivity contribution in [2.75, 3.05) is 6.61 Å². The van der Waals surface area contributed by atoms with Crippen LogP contribution in [0.25, 0.3) is 0 Å². The normalized spacial score (nSPS) is 26.7. The van der Waals surface area contributed by atoms with Crippen LogP contribution in [0.15, 0.2) is 46.1 Å². The molecule has 1 aromatic heterocycles. The fourth-order valence-electron chi connectivity index (χ4n) is 2.66. The van der Waals surface area contributed by atoms with E-state index < -0.39 is 49.1 Å². The Hall–Kier alpha value is -1.56. The second-order valence-corrected chi connectivity index (χ2v) is 8.99. The summed E-state index contributed by atoms with van der Waals surface area (Å²) in [6.45, 7) is -4.50. The predicted octanol–water partition coefficient (Wildman–Crippen LogP) is 0.122. The van der Waals surface area contributed by atoms with Crippen LogP contribution in [0.1, 0.15) is 6.23 Å². The third-order valence-electron chi connectivity index (χ3n) is 3.90. The molecule has 0 radical (unpaired) electrons. The molecular formula is C15H16ClN2O8PS. The lowest BCUT2D eigenvalue weighted by molar-refractivity contribution is -0.0546. The minimum atomic E-state index is -3.91. The molecule has 0 spiro atoms. The molecule has 0 saturated carbocycles. The van der Waals surface area contributed by atoms with E-state index >= 15 is 0 Å². The number of aliphatic hydroxyl groups excluding tert-OH is 2. The van der Waals surface area contributed by atoms with Crippen molar-refractivity contribution < 1.29 is 28.9 Å². The number of aliphatic hydroxyl groups is 2. The number of nitrogens with zero attached hydrogens (tertiary/aromatic N) is 1. The van der Waals surface area contributed by atoms with Crippen LogP contribution in [0.5, 0.6) is 5.75 Å². The van der Waals surface area contributed by atoms with Gasteiger partial charge in [-0.25, -0.2) is 4.79 Å². The number of aromatic amines is 1. The Morgan fingerprint density at radius 2 is 1.96 bits per heavy atom. The molecule has 3 rings (SSSR count). The van der Waals surface area contributed by atoms with Gasteiger partial charge in [-0.05, 0) is 24.3 Å². The van der Waals surface area contributed by atoms with E-state index in [1.807, 2.05) is 4.98 Å². The van der Waals surface area contributed by atoms with Crippen LogP contribution >= 0.6 is 18.3 Å². The number of nitrogens with one attached hydrogen (secondary N) is 1. The van der Waals surface area contributed by atoms with Crippen molar-refractivity contribution in [3.8, 4) is 5.75 Å². The summed E-state index contributed by atoms with van der Waals surface area (Å²) in [4.78, 5) is 35.5. The van der Waals surface area contributed by atoms with E-state index in [4.69, 9.17) is 37.2 Å². The lowest BCUT2D eigenvalue weighted by Gasteiger charge is -2.25. The molecule has 1 aliphatic heterocycles. The Morgan fingerprint density at radius 1 is 1.29 bits per heavy atom.